The zero-order chi connectivity index (χ0) is 12.5. The molecule has 2 rings (SSSR count). The first-order chi connectivity index (χ1) is 7.94. The second-order valence-corrected chi connectivity index (χ2v) is 4.94. The van der Waals surface area contributed by atoms with Crippen molar-refractivity contribution in [1.82, 2.24) is 14.8 Å². The Morgan fingerprint density at radius 2 is 1.88 bits per heavy atom. The van der Waals surface area contributed by atoms with Gasteiger partial charge in [-0.1, -0.05) is 29.8 Å². The molecule has 0 amide bonds. The standard InChI is InChI=1S/C13H17N3O/c1-10-4-6-11(7-5-10)12-14-9-16(15-12)8-13(2,3)17/h4-7,9,17H,8H2,1-3H3. The van der Waals surface area contributed by atoms with Crippen molar-refractivity contribution in [1.29, 1.82) is 0 Å². The lowest BCUT2D eigenvalue weighted by Gasteiger charge is -2.15. The quantitative estimate of drug-likeness (QED) is 0.879. The summed E-state index contributed by atoms with van der Waals surface area (Å²) in [5.74, 6) is 0.689. The van der Waals surface area contributed by atoms with Crippen LogP contribution in [0.25, 0.3) is 11.4 Å². The van der Waals surface area contributed by atoms with Gasteiger partial charge in [0.25, 0.3) is 0 Å². The summed E-state index contributed by atoms with van der Waals surface area (Å²) < 4.78 is 1.66. The van der Waals surface area contributed by atoms with E-state index in [2.05, 4.69) is 10.1 Å². The van der Waals surface area contributed by atoms with Gasteiger partial charge >= 0.3 is 0 Å². The SMILES string of the molecule is Cc1ccc(-c2ncn(CC(C)(C)O)n2)cc1. The second-order valence-electron chi connectivity index (χ2n) is 4.94. The zero-order valence-corrected chi connectivity index (χ0v) is 10.4. The second kappa shape index (κ2) is 4.30. The number of hydrogen-bond donors (Lipinski definition) is 1. The molecule has 2 aromatic rings. The predicted molar refractivity (Wildman–Crippen MR) is 66.5 cm³/mol. The molecule has 1 aromatic heterocycles. The Kier molecular flexibility index (Phi) is 2.98. The monoisotopic (exact) mass is 231 g/mol. The first-order valence-electron chi connectivity index (χ1n) is 5.63. The summed E-state index contributed by atoms with van der Waals surface area (Å²) in [6, 6.07) is 8.07. The Hall–Kier alpha value is -1.68. The molecular formula is C13H17N3O. The van der Waals surface area contributed by atoms with E-state index in [4.69, 9.17) is 0 Å². The van der Waals surface area contributed by atoms with E-state index in [1.807, 2.05) is 31.2 Å². The third kappa shape index (κ3) is 3.14. The average molecular weight is 231 g/mol. The molecule has 0 aliphatic heterocycles. The van der Waals surface area contributed by atoms with Crippen LogP contribution in [0.4, 0.5) is 0 Å². The largest absolute Gasteiger partial charge is 0.389 e. The van der Waals surface area contributed by atoms with Gasteiger partial charge in [0.2, 0.25) is 0 Å². The third-order valence-corrected chi connectivity index (χ3v) is 2.40. The smallest absolute Gasteiger partial charge is 0.181 e. The summed E-state index contributed by atoms with van der Waals surface area (Å²) in [5.41, 5.74) is 1.42. The van der Waals surface area contributed by atoms with Crippen LogP contribution in [0, 0.1) is 6.92 Å². The summed E-state index contributed by atoms with van der Waals surface area (Å²) in [6.45, 7) is 5.98. The van der Waals surface area contributed by atoms with E-state index in [0.717, 1.165) is 5.56 Å². The van der Waals surface area contributed by atoms with Gasteiger partial charge in [0.1, 0.15) is 6.33 Å². The number of benzene rings is 1. The molecule has 1 aromatic carbocycles. The number of aliphatic hydroxyl groups is 1. The van der Waals surface area contributed by atoms with Gasteiger partial charge in [0.05, 0.1) is 12.1 Å². The van der Waals surface area contributed by atoms with E-state index >= 15 is 0 Å². The van der Waals surface area contributed by atoms with Gasteiger partial charge < -0.3 is 5.11 Å². The van der Waals surface area contributed by atoms with Gasteiger partial charge in [0, 0.05) is 5.56 Å². The molecule has 0 saturated carbocycles. The fraction of sp³-hybridized carbons (Fsp3) is 0.385. The molecular weight excluding hydrogens is 214 g/mol. The van der Waals surface area contributed by atoms with E-state index in [1.54, 1.807) is 24.9 Å². The van der Waals surface area contributed by atoms with Crippen molar-refractivity contribution in [2.24, 2.45) is 0 Å². The van der Waals surface area contributed by atoms with Crippen LogP contribution in [0.2, 0.25) is 0 Å². The summed E-state index contributed by atoms with van der Waals surface area (Å²) in [6.07, 6.45) is 1.65. The number of hydrogen-bond acceptors (Lipinski definition) is 3. The molecule has 0 aliphatic carbocycles. The lowest BCUT2D eigenvalue weighted by atomic mass is 10.1. The summed E-state index contributed by atoms with van der Waals surface area (Å²) >= 11 is 0. The van der Waals surface area contributed by atoms with Gasteiger partial charge in [-0.25, -0.2) is 9.67 Å². The van der Waals surface area contributed by atoms with Gasteiger partial charge in [-0.15, -0.1) is 0 Å². The Morgan fingerprint density at radius 1 is 1.24 bits per heavy atom. The minimum atomic E-state index is -0.780. The first kappa shape index (κ1) is 11.8. The summed E-state index contributed by atoms with van der Waals surface area (Å²) in [4.78, 5) is 4.24. The zero-order valence-electron chi connectivity index (χ0n) is 10.4. The van der Waals surface area contributed by atoms with Gasteiger partial charge in [-0.3, -0.25) is 0 Å². The molecule has 4 heteroatoms. The first-order valence-corrected chi connectivity index (χ1v) is 5.63. The van der Waals surface area contributed by atoms with Crippen LogP contribution < -0.4 is 0 Å². The number of rotatable bonds is 3. The maximum atomic E-state index is 9.70. The maximum Gasteiger partial charge on any atom is 0.181 e. The molecule has 0 aliphatic rings. The average Bonchev–Trinajstić information content (AvgIpc) is 2.64. The van der Waals surface area contributed by atoms with Crippen molar-refractivity contribution >= 4 is 0 Å². The molecule has 0 unspecified atom stereocenters. The molecule has 0 saturated heterocycles. The fourth-order valence-electron chi connectivity index (χ4n) is 1.60. The van der Waals surface area contributed by atoms with Crippen molar-refractivity contribution in [2.75, 3.05) is 0 Å². The van der Waals surface area contributed by atoms with Gasteiger partial charge in [0.15, 0.2) is 5.82 Å². The molecule has 17 heavy (non-hydrogen) atoms. The third-order valence-electron chi connectivity index (χ3n) is 2.40. The number of aromatic nitrogens is 3. The van der Waals surface area contributed by atoms with Crippen molar-refractivity contribution in [3.8, 4) is 11.4 Å². The predicted octanol–water partition coefficient (Wildman–Crippen LogP) is 2.02. The minimum Gasteiger partial charge on any atom is -0.389 e. The van der Waals surface area contributed by atoms with E-state index in [9.17, 15) is 5.11 Å². The maximum absolute atomic E-state index is 9.70. The molecule has 90 valence electrons. The van der Waals surface area contributed by atoms with E-state index in [-0.39, 0.29) is 0 Å². The van der Waals surface area contributed by atoms with Crippen LogP contribution in [-0.4, -0.2) is 25.5 Å². The molecule has 0 atom stereocenters. The minimum absolute atomic E-state index is 0.436. The number of nitrogens with zero attached hydrogens (tertiary/aromatic N) is 3. The molecule has 1 heterocycles. The number of aryl methyl sites for hydroxylation is 1. The van der Waals surface area contributed by atoms with Crippen molar-refractivity contribution in [2.45, 2.75) is 32.9 Å². The Morgan fingerprint density at radius 3 is 2.47 bits per heavy atom. The highest BCUT2D eigenvalue weighted by atomic mass is 16.3. The van der Waals surface area contributed by atoms with E-state index < -0.39 is 5.60 Å². The van der Waals surface area contributed by atoms with Crippen LogP contribution in [0.3, 0.4) is 0 Å². The molecule has 0 bridgehead atoms. The van der Waals surface area contributed by atoms with Crippen molar-refractivity contribution < 1.29 is 5.11 Å². The Labute approximate surface area is 101 Å². The summed E-state index contributed by atoms with van der Waals surface area (Å²) in [5, 5.41) is 14.0. The lowest BCUT2D eigenvalue weighted by molar-refractivity contribution is 0.0577. The Balaban J connectivity index is 2.21. The highest BCUT2D eigenvalue weighted by molar-refractivity contribution is 5.54. The summed E-state index contributed by atoms with van der Waals surface area (Å²) in [7, 11) is 0. The van der Waals surface area contributed by atoms with Crippen LogP contribution in [-0.2, 0) is 6.54 Å². The highest BCUT2D eigenvalue weighted by Crippen LogP contribution is 2.15. The molecule has 0 spiro atoms. The fourth-order valence-corrected chi connectivity index (χ4v) is 1.60. The van der Waals surface area contributed by atoms with Crippen LogP contribution >= 0.6 is 0 Å². The van der Waals surface area contributed by atoms with Gasteiger partial charge in [-0.2, -0.15) is 5.10 Å². The molecule has 1 N–H and O–H groups in total. The molecule has 0 radical (unpaired) electrons. The molecule has 0 fully saturated rings. The van der Waals surface area contributed by atoms with Crippen molar-refractivity contribution in [3.63, 3.8) is 0 Å². The topological polar surface area (TPSA) is 50.9 Å². The van der Waals surface area contributed by atoms with E-state index in [1.165, 1.54) is 5.56 Å². The Bertz CT molecular complexity index is 494. The highest BCUT2D eigenvalue weighted by Gasteiger charge is 2.14. The van der Waals surface area contributed by atoms with E-state index in [0.29, 0.717) is 12.4 Å². The van der Waals surface area contributed by atoms with Crippen molar-refractivity contribution in [3.05, 3.63) is 36.2 Å². The lowest BCUT2D eigenvalue weighted by Crippen LogP contribution is -2.26. The molecule has 4 nitrogen and oxygen atoms in total. The normalized spacial score (nSPS) is 11.8. The van der Waals surface area contributed by atoms with Crippen LogP contribution in [0.15, 0.2) is 30.6 Å². The van der Waals surface area contributed by atoms with Crippen LogP contribution in [0.1, 0.15) is 19.4 Å². The van der Waals surface area contributed by atoms with Crippen LogP contribution in [0.5, 0.6) is 0 Å². The van der Waals surface area contributed by atoms with Gasteiger partial charge in [-0.05, 0) is 20.8 Å².